The fourth-order valence-electron chi connectivity index (χ4n) is 3.25. The Kier molecular flexibility index (Phi) is 6.36. The lowest BCUT2D eigenvalue weighted by atomic mass is 10.2. The van der Waals surface area contributed by atoms with E-state index in [1.807, 2.05) is 24.3 Å². The first kappa shape index (κ1) is 20.6. The lowest BCUT2D eigenvalue weighted by Crippen LogP contribution is -2.04. The minimum absolute atomic E-state index is 0.596. The van der Waals surface area contributed by atoms with E-state index in [1.165, 1.54) is 5.56 Å². The van der Waals surface area contributed by atoms with Crippen molar-refractivity contribution in [1.29, 1.82) is 0 Å². The van der Waals surface area contributed by atoms with Crippen molar-refractivity contribution < 1.29 is 4.52 Å². The van der Waals surface area contributed by atoms with Gasteiger partial charge in [-0.3, -0.25) is 9.55 Å². The number of nitrogens with zero attached hydrogens (tertiary/aromatic N) is 6. The van der Waals surface area contributed by atoms with Crippen LogP contribution >= 0.6 is 23.1 Å². The molecule has 0 fully saturated rings. The normalized spacial score (nSPS) is 11.1. The van der Waals surface area contributed by atoms with Gasteiger partial charge in [0.2, 0.25) is 11.7 Å². The highest BCUT2D eigenvalue weighted by atomic mass is 32.2. The Labute approximate surface area is 193 Å². The second-order valence-electron chi connectivity index (χ2n) is 7.05. The third-order valence-electron chi connectivity index (χ3n) is 4.81. The Bertz CT molecular complexity index is 1250. The molecule has 1 aromatic carbocycles. The molecule has 0 unspecified atom stereocenters. The summed E-state index contributed by atoms with van der Waals surface area (Å²) in [7, 11) is 0. The molecule has 5 rings (SSSR count). The molecule has 0 atom stereocenters. The summed E-state index contributed by atoms with van der Waals surface area (Å²) in [5, 5.41) is 16.0. The lowest BCUT2D eigenvalue weighted by Gasteiger charge is -2.09. The summed E-state index contributed by atoms with van der Waals surface area (Å²) in [6.45, 7) is 0.738. The topological polar surface area (TPSA) is 82.5 Å². The maximum Gasteiger partial charge on any atom is 0.226 e. The van der Waals surface area contributed by atoms with Crippen molar-refractivity contribution in [2.24, 2.45) is 0 Å². The fourth-order valence-corrected chi connectivity index (χ4v) is 4.85. The zero-order valence-corrected chi connectivity index (χ0v) is 18.8. The van der Waals surface area contributed by atoms with Crippen molar-refractivity contribution in [2.75, 3.05) is 5.75 Å². The molecule has 7 nitrogen and oxygen atoms in total. The molecule has 5 aromatic rings. The first-order chi connectivity index (χ1) is 15.9. The SMILES string of the molecule is c1ccc(Cn2c(SCCCc3nc(-c4ccncc4)no3)nnc2-c2cccs2)cc1. The highest BCUT2D eigenvalue weighted by Gasteiger charge is 2.16. The monoisotopic (exact) mass is 460 g/mol. The number of aryl methyl sites for hydroxylation is 1. The van der Waals surface area contributed by atoms with Crippen LogP contribution in [0.1, 0.15) is 17.9 Å². The minimum atomic E-state index is 0.596. The summed E-state index contributed by atoms with van der Waals surface area (Å²) in [5.74, 6) is 3.02. The van der Waals surface area contributed by atoms with E-state index in [9.17, 15) is 0 Å². The molecule has 0 saturated carbocycles. The van der Waals surface area contributed by atoms with Crippen molar-refractivity contribution in [2.45, 2.75) is 24.5 Å². The zero-order valence-electron chi connectivity index (χ0n) is 17.2. The van der Waals surface area contributed by atoms with Gasteiger partial charge >= 0.3 is 0 Å². The summed E-state index contributed by atoms with van der Waals surface area (Å²) >= 11 is 3.38. The molecule has 0 aliphatic heterocycles. The van der Waals surface area contributed by atoms with E-state index in [2.05, 4.69) is 65.6 Å². The predicted molar refractivity (Wildman–Crippen MR) is 125 cm³/mol. The summed E-state index contributed by atoms with van der Waals surface area (Å²) < 4.78 is 7.60. The van der Waals surface area contributed by atoms with Crippen LogP contribution in [-0.4, -0.2) is 35.6 Å². The van der Waals surface area contributed by atoms with Gasteiger partial charge in [-0.25, -0.2) is 0 Å². The Morgan fingerprint density at radius 2 is 1.84 bits per heavy atom. The van der Waals surface area contributed by atoms with Crippen LogP contribution in [0, 0.1) is 0 Å². The van der Waals surface area contributed by atoms with Crippen LogP contribution in [0.15, 0.2) is 82.1 Å². The van der Waals surface area contributed by atoms with Gasteiger partial charge in [-0.15, -0.1) is 21.5 Å². The third kappa shape index (κ3) is 4.79. The molecule has 160 valence electrons. The highest BCUT2D eigenvalue weighted by molar-refractivity contribution is 7.99. The first-order valence-electron chi connectivity index (χ1n) is 10.2. The standard InChI is InChI=1S/C23H20N6OS2/c1-2-6-17(7-3-1)16-29-22(19-8-4-14-31-19)26-27-23(29)32-15-5-9-20-25-21(28-30-20)18-10-12-24-13-11-18/h1-4,6-8,10-14H,5,9,15-16H2. The van der Waals surface area contributed by atoms with Crippen LogP contribution in [0.3, 0.4) is 0 Å². The van der Waals surface area contributed by atoms with Gasteiger partial charge in [-0.1, -0.05) is 53.3 Å². The van der Waals surface area contributed by atoms with Crippen LogP contribution < -0.4 is 0 Å². The van der Waals surface area contributed by atoms with Crippen molar-refractivity contribution in [3.63, 3.8) is 0 Å². The number of thioether (sulfide) groups is 1. The lowest BCUT2D eigenvalue weighted by molar-refractivity contribution is 0.378. The summed E-state index contributed by atoms with van der Waals surface area (Å²) in [6.07, 6.45) is 5.06. The van der Waals surface area contributed by atoms with Crippen LogP contribution in [0.4, 0.5) is 0 Å². The van der Waals surface area contributed by atoms with Crippen LogP contribution in [0.5, 0.6) is 0 Å². The number of rotatable bonds is 9. The maximum atomic E-state index is 5.40. The van der Waals surface area contributed by atoms with E-state index in [4.69, 9.17) is 4.52 Å². The minimum Gasteiger partial charge on any atom is -0.339 e. The first-order valence-corrected chi connectivity index (χ1v) is 12.1. The number of hydrogen-bond donors (Lipinski definition) is 0. The Balaban J connectivity index is 1.24. The molecule has 4 heterocycles. The Morgan fingerprint density at radius 3 is 2.66 bits per heavy atom. The smallest absolute Gasteiger partial charge is 0.226 e. The average molecular weight is 461 g/mol. The van der Waals surface area contributed by atoms with E-state index in [-0.39, 0.29) is 0 Å². The van der Waals surface area contributed by atoms with Crippen molar-refractivity contribution in [1.82, 2.24) is 29.9 Å². The van der Waals surface area contributed by atoms with Gasteiger partial charge in [-0.2, -0.15) is 4.98 Å². The van der Waals surface area contributed by atoms with Crippen LogP contribution in [-0.2, 0) is 13.0 Å². The molecule has 0 spiro atoms. The molecule has 0 amide bonds. The molecule has 4 aromatic heterocycles. The molecule has 0 aliphatic rings. The van der Waals surface area contributed by atoms with E-state index >= 15 is 0 Å². The van der Waals surface area contributed by atoms with Gasteiger partial charge in [0.1, 0.15) is 0 Å². The molecule has 0 saturated heterocycles. The quantitative estimate of drug-likeness (QED) is 0.220. The van der Waals surface area contributed by atoms with Crippen LogP contribution in [0.25, 0.3) is 22.1 Å². The van der Waals surface area contributed by atoms with Crippen molar-refractivity contribution >= 4 is 23.1 Å². The summed E-state index contributed by atoms with van der Waals surface area (Å²) in [6, 6.07) is 18.3. The largest absolute Gasteiger partial charge is 0.339 e. The molecule has 0 aliphatic carbocycles. The third-order valence-corrected chi connectivity index (χ3v) is 6.73. The van der Waals surface area contributed by atoms with Crippen LogP contribution in [0.2, 0.25) is 0 Å². The predicted octanol–water partition coefficient (Wildman–Crippen LogP) is 5.22. The Morgan fingerprint density at radius 1 is 0.969 bits per heavy atom. The number of benzene rings is 1. The van der Waals surface area contributed by atoms with Gasteiger partial charge in [0, 0.05) is 30.1 Å². The van der Waals surface area contributed by atoms with Crippen molar-refractivity contribution in [3.8, 4) is 22.1 Å². The number of aromatic nitrogens is 6. The van der Waals surface area contributed by atoms with Gasteiger partial charge in [0.15, 0.2) is 11.0 Å². The summed E-state index contributed by atoms with van der Waals surface area (Å²) in [5.41, 5.74) is 2.13. The second-order valence-corrected chi connectivity index (χ2v) is 9.06. The molecule has 0 radical (unpaired) electrons. The van der Waals surface area contributed by atoms with E-state index in [0.29, 0.717) is 11.7 Å². The molecular formula is C23H20N6OS2. The average Bonchev–Trinajstić information content (AvgIpc) is 3.60. The van der Waals surface area contributed by atoms with Gasteiger partial charge in [0.25, 0.3) is 0 Å². The van der Waals surface area contributed by atoms with Crippen molar-refractivity contribution in [3.05, 3.63) is 83.8 Å². The second kappa shape index (κ2) is 9.88. The number of hydrogen-bond acceptors (Lipinski definition) is 8. The number of thiophene rings is 1. The van der Waals surface area contributed by atoms with Gasteiger partial charge in [0.05, 0.1) is 11.4 Å². The molecule has 0 N–H and O–H groups in total. The fraction of sp³-hybridized carbons (Fsp3) is 0.174. The Hall–Kier alpha value is -3.30. The number of pyridine rings is 1. The molecule has 32 heavy (non-hydrogen) atoms. The summed E-state index contributed by atoms with van der Waals surface area (Å²) in [4.78, 5) is 9.63. The molecular weight excluding hydrogens is 440 g/mol. The molecule has 0 bridgehead atoms. The van der Waals surface area contributed by atoms with E-state index in [0.717, 1.165) is 46.6 Å². The maximum absolute atomic E-state index is 5.40. The molecule has 9 heteroatoms. The van der Waals surface area contributed by atoms with Gasteiger partial charge in [-0.05, 0) is 35.6 Å². The van der Waals surface area contributed by atoms with E-state index < -0.39 is 0 Å². The zero-order chi connectivity index (χ0) is 21.6. The van der Waals surface area contributed by atoms with E-state index in [1.54, 1.807) is 35.5 Å². The van der Waals surface area contributed by atoms with Gasteiger partial charge < -0.3 is 4.52 Å². The highest BCUT2D eigenvalue weighted by Crippen LogP contribution is 2.28.